The summed E-state index contributed by atoms with van der Waals surface area (Å²) < 4.78 is 3.40. The third-order valence-corrected chi connectivity index (χ3v) is 4.16. The van der Waals surface area contributed by atoms with Crippen molar-refractivity contribution < 1.29 is 0 Å². The first-order valence-corrected chi connectivity index (χ1v) is 6.52. The Hall–Kier alpha value is -1.88. The van der Waals surface area contributed by atoms with E-state index < -0.39 is 0 Å². The quantitative estimate of drug-likeness (QED) is 0.639. The van der Waals surface area contributed by atoms with E-state index in [9.17, 15) is 4.79 Å². The zero-order chi connectivity index (χ0) is 13.2. The van der Waals surface area contributed by atoms with E-state index in [-0.39, 0.29) is 11.1 Å². The molecule has 96 valence electrons. The first kappa shape index (κ1) is 11.0. The molecule has 0 amide bonds. The molecule has 0 atom stereocenters. The third kappa shape index (κ3) is 1.45. The van der Waals surface area contributed by atoms with Crippen LogP contribution in [0.5, 0.6) is 0 Å². The van der Waals surface area contributed by atoms with E-state index >= 15 is 0 Å². The van der Waals surface area contributed by atoms with E-state index in [0.717, 1.165) is 18.2 Å². The van der Waals surface area contributed by atoms with Crippen LogP contribution in [0.2, 0.25) is 5.15 Å². The van der Waals surface area contributed by atoms with Crippen molar-refractivity contribution in [1.82, 2.24) is 19.2 Å². The smallest absolute Gasteiger partial charge is 0.253 e. The van der Waals surface area contributed by atoms with Crippen molar-refractivity contribution in [3.63, 3.8) is 0 Å². The Bertz CT molecular complexity index is 875. The van der Waals surface area contributed by atoms with E-state index in [1.807, 2.05) is 0 Å². The molecule has 1 saturated carbocycles. The molecule has 3 aromatic heterocycles. The van der Waals surface area contributed by atoms with Gasteiger partial charge in [-0.05, 0) is 19.8 Å². The maximum Gasteiger partial charge on any atom is 0.253 e. The normalized spacial score (nSPS) is 17.2. The predicted molar refractivity (Wildman–Crippen MR) is 72.6 cm³/mol. The molecule has 0 bridgehead atoms. The van der Waals surface area contributed by atoms with E-state index in [2.05, 4.69) is 17.0 Å². The Labute approximate surface area is 113 Å². The zero-order valence-electron chi connectivity index (χ0n) is 10.3. The Morgan fingerprint density at radius 1 is 1.42 bits per heavy atom. The highest BCUT2D eigenvalue weighted by Crippen LogP contribution is 2.42. The summed E-state index contributed by atoms with van der Waals surface area (Å²) in [5.74, 6) is 0. The number of nitrogens with zero attached hydrogens (tertiary/aromatic N) is 4. The SMILES string of the molecule is CC1(n2cc3c(Cl)nc4ccnn4c3cc2=O)CC1. The first-order chi connectivity index (χ1) is 9.08. The highest BCUT2D eigenvalue weighted by molar-refractivity contribution is 6.34. The fraction of sp³-hybridized carbons (Fsp3) is 0.308. The van der Waals surface area contributed by atoms with Crippen LogP contribution < -0.4 is 5.56 Å². The minimum atomic E-state index is -0.0618. The molecule has 1 aliphatic rings. The van der Waals surface area contributed by atoms with Gasteiger partial charge >= 0.3 is 0 Å². The number of halogens is 1. The zero-order valence-corrected chi connectivity index (χ0v) is 11.1. The van der Waals surface area contributed by atoms with Crippen LogP contribution in [0.15, 0.2) is 29.3 Å². The lowest BCUT2D eigenvalue weighted by Crippen LogP contribution is -2.27. The van der Waals surface area contributed by atoms with Gasteiger partial charge in [-0.15, -0.1) is 0 Å². The molecule has 3 aromatic rings. The van der Waals surface area contributed by atoms with Crippen LogP contribution in [0.3, 0.4) is 0 Å². The van der Waals surface area contributed by atoms with Gasteiger partial charge in [0.25, 0.3) is 5.56 Å². The van der Waals surface area contributed by atoms with Gasteiger partial charge in [0.2, 0.25) is 0 Å². The molecule has 3 heterocycles. The van der Waals surface area contributed by atoms with Crippen molar-refractivity contribution in [3.05, 3.63) is 40.0 Å². The summed E-state index contributed by atoms with van der Waals surface area (Å²) in [6, 6.07) is 3.35. The number of rotatable bonds is 1. The summed E-state index contributed by atoms with van der Waals surface area (Å²) in [5.41, 5.74) is 1.26. The van der Waals surface area contributed by atoms with Crippen LogP contribution in [0.25, 0.3) is 16.6 Å². The minimum Gasteiger partial charge on any atom is -0.309 e. The highest BCUT2D eigenvalue weighted by Gasteiger charge is 2.40. The summed E-state index contributed by atoms with van der Waals surface area (Å²) >= 11 is 6.22. The highest BCUT2D eigenvalue weighted by atomic mass is 35.5. The maximum absolute atomic E-state index is 12.3. The van der Waals surface area contributed by atoms with Crippen molar-refractivity contribution in [1.29, 1.82) is 0 Å². The number of pyridine rings is 1. The van der Waals surface area contributed by atoms with Crippen LogP contribution in [0, 0.1) is 0 Å². The van der Waals surface area contributed by atoms with Gasteiger partial charge < -0.3 is 4.57 Å². The van der Waals surface area contributed by atoms with Crippen molar-refractivity contribution in [2.75, 3.05) is 0 Å². The van der Waals surface area contributed by atoms with Gasteiger partial charge in [-0.1, -0.05) is 11.6 Å². The molecule has 0 spiro atoms. The van der Waals surface area contributed by atoms with Crippen LogP contribution in [-0.4, -0.2) is 19.2 Å². The standard InChI is InChI=1S/C13H11ClN4O/c1-13(3-4-13)17-7-8-9(6-11(17)19)18-10(2-5-15-18)16-12(8)14/h2,5-7H,3-4H2,1H3. The first-order valence-electron chi connectivity index (χ1n) is 6.15. The second-order valence-corrected chi connectivity index (χ2v) is 5.64. The van der Waals surface area contributed by atoms with Crippen molar-refractivity contribution in [2.45, 2.75) is 25.3 Å². The molecular formula is C13H11ClN4O. The van der Waals surface area contributed by atoms with Gasteiger partial charge in [0.15, 0.2) is 5.65 Å². The van der Waals surface area contributed by atoms with Crippen LogP contribution in [0.4, 0.5) is 0 Å². The molecular weight excluding hydrogens is 264 g/mol. The predicted octanol–water partition coefficient (Wildman–Crippen LogP) is 2.21. The molecule has 4 rings (SSSR count). The molecule has 5 nitrogen and oxygen atoms in total. The Morgan fingerprint density at radius 3 is 2.95 bits per heavy atom. The summed E-state index contributed by atoms with van der Waals surface area (Å²) in [7, 11) is 0. The lowest BCUT2D eigenvalue weighted by molar-refractivity contribution is 0.516. The lowest BCUT2D eigenvalue weighted by atomic mass is 10.2. The van der Waals surface area contributed by atoms with Gasteiger partial charge in [-0.25, -0.2) is 9.50 Å². The van der Waals surface area contributed by atoms with Crippen LogP contribution in [0.1, 0.15) is 19.8 Å². The van der Waals surface area contributed by atoms with E-state index in [4.69, 9.17) is 11.6 Å². The summed E-state index contributed by atoms with van der Waals surface area (Å²) in [6.45, 7) is 2.08. The maximum atomic E-state index is 12.3. The number of hydrogen-bond acceptors (Lipinski definition) is 3. The second-order valence-electron chi connectivity index (χ2n) is 5.28. The van der Waals surface area contributed by atoms with Gasteiger partial charge in [-0.3, -0.25) is 4.79 Å². The average Bonchev–Trinajstić information content (AvgIpc) is 2.94. The van der Waals surface area contributed by atoms with Crippen LogP contribution >= 0.6 is 11.6 Å². The third-order valence-electron chi connectivity index (χ3n) is 3.87. The van der Waals surface area contributed by atoms with Gasteiger partial charge in [0.1, 0.15) is 5.15 Å². The fourth-order valence-corrected chi connectivity index (χ4v) is 2.66. The van der Waals surface area contributed by atoms with E-state index in [1.165, 1.54) is 0 Å². The lowest BCUT2D eigenvalue weighted by Gasteiger charge is -2.14. The molecule has 0 saturated heterocycles. The second kappa shape index (κ2) is 3.36. The van der Waals surface area contributed by atoms with Crippen molar-refractivity contribution >= 4 is 28.2 Å². The van der Waals surface area contributed by atoms with Gasteiger partial charge in [-0.2, -0.15) is 5.10 Å². The molecule has 6 heteroatoms. The molecule has 19 heavy (non-hydrogen) atoms. The molecule has 0 aromatic carbocycles. The largest absolute Gasteiger partial charge is 0.309 e. The van der Waals surface area contributed by atoms with Crippen LogP contribution in [-0.2, 0) is 5.54 Å². The molecule has 0 N–H and O–H groups in total. The Balaban J connectivity index is 2.17. The molecule has 0 aliphatic heterocycles. The number of hydrogen-bond donors (Lipinski definition) is 0. The van der Waals surface area contributed by atoms with Crippen molar-refractivity contribution in [2.24, 2.45) is 0 Å². The van der Waals surface area contributed by atoms with E-state index in [0.29, 0.717) is 16.3 Å². The van der Waals surface area contributed by atoms with E-state index in [1.54, 1.807) is 33.6 Å². The molecule has 0 unspecified atom stereocenters. The van der Waals surface area contributed by atoms with Gasteiger partial charge in [0, 0.05) is 23.9 Å². The Morgan fingerprint density at radius 2 is 2.21 bits per heavy atom. The van der Waals surface area contributed by atoms with Gasteiger partial charge in [0.05, 0.1) is 17.1 Å². The fourth-order valence-electron chi connectivity index (χ4n) is 2.43. The topological polar surface area (TPSA) is 52.2 Å². The number of aromatic nitrogens is 4. The van der Waals surface area contributed by atoms with Crippen molar-refractivity contribution in [3.8, 4) is 0 Å². The average molecular weight is 275 g/mol. The summed E-state index contributed by atoms with van der Waals surface area (Å²) in [5, 5.41) is 5.34. The monoisotopic (exact) mass is 274 g/mol. The molecule has 0 radical (unpaired) electrons. The molecule has 1 aliphatic carbocycles. The minimum absolute atomic E-state index is 0.0217. The summed E-state index contributed by atoms with van der Waals surface area (Å²) in [6.07, 6.45) is 5.49. The number of fused-ring (bicyclic) bond motifs is 3. The Kier molecular flexibility index (Phi) is 1.94. The summed E-state index contributed by atoms with van der Waals surface area (Å²) in [4.78, 5) is 16.5. The molecule has 1 fully saturated rings.